The summed E-state index contributed by atoms with van der Waals surface area (Å²) >= 11 is 0. The van der Waals surface area contributed by atoms with Gasteiger partial charge >= 0.3 is 0 Å². The molecule has 0 fully saturated rings. The molecule has 0 aliphatic heterocycles. The van der Waals surface area contributed by atoms with E-state index in [1.165, 1.54) is 19.3 Å². The van der Waals surface area contributed by atoms with Crippen LogP contribution in [0.3, 0.4) is 0 Å². The van der Waals surface area contributed by atoms with E-state index in [1.807, 2.05) is 0 Å². The molecule has 0 aliphatic carbocycles. The maximum atomic E-state index is 5.64. The maximum absolute atomic E-state index is 5.64. The third-order valence-corrected chi connectivity index (χ3v) is 3.98. The van der Waals surface area contributed by atoms with Gasteiger partial charge in [0.2, 0.25) is 0 Å². The molecule has 86 valence electrons. The fourth-order valence-corrected chi connectivity index (χ4v) is 2.66. The Balaban J connectivity index is 4.66. The molecule has 2 nitrogen and oxygen atoms in total. The van der Waals surface area contributed by atoms with Gasteiger partial charge in [-0.2, -0.15) is 0 Å². The molecule has 2 heteroatoms. The van der Waals surface area contributed by atoms with Crippen LogP contribution >= 0.6 is 0 Å². The zero-order valence-electron chi connectivity index (χ0n) is 10.6. The summed E-state index contributed by atoms with van der Waals surface area (Å²) in [5.41, 5.74) is 5.99. The van der Waals surface area contributed by atoms with Crippen LogP contribution in [0.15, 0.2) is 0 Å². The molecule has 0 aliphatic rings. The summed E-state index contributed by atoms with van der Waals surface area (Å²) in [5, 5.41) is 0. The monoisotopic (exact) mass is 200 g/mol. The Morgan fingerprint density at radius 2 is 1.71 bits per heavy atom. The number of hydrogen-bond acceptors (Lipinski definition) is 2. The van der Waals surface area contributed by atoms with Crippen LogP contribution in [0, 0.1) is 5.92 Å². The van der Waals surface area contributed by atoms with E-state index in [4.69, 9.17) is 5.73 Å². The molecule has 0 aromatic rings. The van der Waals surface area contributed by atoms with Gasteiger partial charge in [-0.05, 0) is 25.8 Å². The smallest absolute Gasteiger partial charge is 0.0227 e. The molecular formula is C12H28N2. The molecule has 0 amide bonds. The third kappa shape index (κ3) is 2.71. The average Bonchev–Trinajstić information content (AvgIpc) is 2.20. The summed E-state index contributed by atoms with van der Waals surface area (Å²) in [7, 11) is 2.21. The number of nitrogens with two attached hydrogens (primary N) is 1. The zero-order valence-corrected chi connectivity index (χ0v) is 10.6. The minimum atomic E-state index is 0.355. The van der Waals surface area contributed by atoms with E-state index in [0.717, 1.165) is 19.0 Å². The van der Waals surface area contributed by atoms with Gasteiger partial charge in [-0.3, -0.25) is 4.90 Å². The second kappa shape index (κ2) is 6.41. The van der Waals surface area contributed by atoms with Crippen LogP contribution in [-0.2, 0) is 0 Å². The zero-order chi connectivity index (χ0) is 11.2. The predicted octanol–water partition coefficient (Wildman–Crippen LogP) is 2.48. The van der Waals surface area contributed by atoms with Crippen LogP contribution in [0.5, 0.6) is 0 Å². The van der Waals surface area contributed by atoms with Crippen molar-refractivity contribution in [2.75, 3.05) is 20.1 Å². The molecule has 0 radical (unpaired) electrons. The van der Waals surface area contributed by atoms with Crippen molar-refractivity contribution in [2.45, 2.75) is 52.5 Å². The van der Waals surface area contributed by atoms with Gasteiger partial charge in [0, 0.05) is 18.6 Å². The van der Waals surface area contributed by atoms with Gasteiger partial charge < -0.3 is 5.73 Å². The second-order valence-electron chi connectivity index (χ2n) is 4.33. The standard InChI is InChI=1S/C12H28N2/c1-6-11(4)12(7-2,8-3)14(5)10-9-13/h11H,6-10,13H2,1-5H3/t11-/m0/s1. The first-order chi connectivity index (χ1) is 6.58. The minimum absolute atomic E-state index is 0.355. The van der Waals surface area contributed by atoms with Crippen LogP contribution in [0.1, 0.15) is 47.0 Å². The summed E-state index contributed by atoms with van der Waals surface area (Å²) in [6, 6.07) is 0. The summed E-state index contributed by atoms with van der Waals surface area (Å²) in [5.74, 6) is 0.744. The molecule has 0 heterocycles. The third-order valence-electron chi connectivity index (χ3n) is 3.98. The van der Waals surface area contributed by atoms with E-state index in [0.29, 0.717) is 5.54 Å². The highest BCUT2D eigenvalue weighted by Gasteiger charge is 2.35. The summed E-state index contributed by atoms with van der Waals surface area (Å²) in [6.07, 6.45) is 3.68. The lowest BCUT2D eigenvalue weighted by molar-refractivity contribution is 0.0530. The topological polar surface area (TPSA) is 29.3 Å². The Bertz CT molecular complexity index is 141. The van der Waals surface area contributed by atoms with Gasteiger partial charge in [-0.1, -0.05) is 34.1 Å². The van der Waals surface area contributed by atoms with Gasteiger partial charge in [0.1, 0.15) is 0 Å². The largest absolute Gasteiger partial charge is 0.329 e. The first-order valence-corrected chi connectivity index (χ1v) is 6.00. The molecule has 14 heavy (non-hydrogen) atoms. The van der Waals surface area contributed by atoms with Gasteiger partial charge in [0.15, 0.2) is 0 Å². The average molecular weight is 200 g/mol. The van der Waals surface area contributed by atoms with E-state index >= 15 is 0 Å². The Labute approximate surface area is 89.9 Å². The van der Waals surface area contributed by atoms with Crippen molar-refractivity contribution in [1.82, 2.24) is 4.90 Å². The molecule has 0 bridgehead atoms. The number of hydrogen-bond donors (Lipinski definition) is 1. The number of nitrogens with zero attached hydrogens (tertiary/aromatic N) is 1. The quantitative estimate of drug-likeness (QED) is 0.684. The van der Waals surface area contributed by atoms with Crippen molar-refractivity contribution >= 4 is 0 Å². The van der Waals surface area contributed by atoms with Crippen LogP contribution in [0.2, 0.25) is 0 Å². The predicted molar refractivity (Wildman–Crippen MR) is 64.5 cm³/mol. The highest BCUT2D eigenvalue weighted by molar-refractivity contribution is 4.91. The van der Waals surface area contributed by atoms with E-state index < -0.39 is 0 Å². The summed E-state index contributed by atoms with van der Waals surface area (Å²) in [6.45, 7) is 11.0. The van der Waals surface area contributed by atoms with Crippen LogP contribution < -0.4 is 5.73 Å². The van der Waals surface area contributed by atoms with Gasteiger partial charge in [-0.15, -0.1) is 0 Å². The highest BCUT2D eigenvalue weighted by Crippen LogP contribution is 2.32. The first kappa shape index (κ1) is 13.9. The molecule has 0 saturated heterocycles. The van der Waals surface area contributed by atoms with Crippen LogP contribution in [0.25, 0.3) is 0 Å². The Hall–Kier alpha value is -0.0800. The summed E-state index contributed by atoms with van der Waals surface area (Å²) in [4.78, 5) is 2.46. The molecule has 0 saturated carbocycles. The normalized spacial score (nSPS) is 14.8. The lowest BCUT2D eigenvalue weighted by Gasteiger charge is -2.45. The van der Waals surface area contributed by atoms with Crippen molar-refractivity contribution in [2.24, 2.45) is 11.7 Å². The van der Waals surface area contributed by atoms with E-state index in [2.05, 4.69) is 39.6 Å². The van der Waals surface area contributed by atoms with Crippen LogP contribution in [0.4, 0.5) is 0 Å². The van der Waals surface area contributed by atoms with Crippen molar-refractivity contribution in [3.63, 3.8) is 0 Å². The Morgan fingerprint density at radius 1 is 1.21 bits per heavy atom. The molecule has 0 aromatic heterocycles. The Morgan fingerprint density at radius 3 is 2.00 bits per heavy atom. The number of likely N-dealkylation sites (N-methyl/N-ethyl adjacent to an activating group) is 1. The molecule has 0 rings (SSSR count). The molecule has 0 aromatic carbocycles. The van der Waals surface area contributed by atoms with Gasteiger partial charge in [0.25, 0.3) is 0 Å². The van der Waals surface area contributed by atoms with Crippen LogP contribution in [-0.4, -0.2) is 30.6 Å². The molecule has 1 atom stereocenters. The lowest BCUT2D eigenvalue weighted by atomic mass is 9.77. The summed E-state index contributed by atoms with van der Waals surface area (Å²) < 4.78 is 0. The SMILES string of the molecule is CC[C@H](C)C(CC)(CC)N(C)CCN. The van der Waals surface area contributed by atoms with Gasteiger partial charge in [0.05, 0.1) is 0 Å². The molecule has 0 spiro atoms. The number of rotatable bonds is 7. The molecule has 2 N–H and O–H groups in total. The minimum Gasteiger partial charge on any atom is -0.329 e. The lowest BCUT2D eigenvalue weighted by Crippen LogP contribution is -2.51. The van der Waals surface area contributed by atoms with Crippen molar-refractivity contribution in [3.8, 4) is 0 Å². The van der Waals surface area contributed by atoms with Crippen molar-refractivity contribution < 1.29 is 0 Å². The maximum Gasteiger partial charge on any atom is 0.0227 e. The van der Waals surface area contributed by atoms with Crippen molar-refractivity contribution in [1.29, 1.82) is 0 Å². The first-order valence-electron chi connectivity index (χ1n) is 6.00. The fraction of sp³-hybridized carbons (Fsp3) is 1.00. The van der Waals surface area contributed by atoms with Gasteiger partial charge in [-0.25, -0.2) is 0 Å². The second-order valence-corrected chi connectivity index (χ2v) is 4.33. The van der Waals surface area contributed by atoms with E-state index in [-0.39, 0.29) is 0 Å². The van der Waals surface area contributed by atoms with E-state index in [1.54, 1.807) is 0 Å². The molecular weight excluding hydrogens is 172 g/mol. The Kier molecular flexibility index (Phi) is 6.38. The van der Waals surface area contributed by atoms with Crippen molar-refractivity contribution in [3.05, 3.63) is 0 Å². The highest BCUT2D eigenvalue weighted by atomic mass is 15.2. The fourth-order valence-electron chi connectivity index (χ4n) is 2.66. The van der Waals surface area contributed by atoms with E-state index in [9.17, 15) is 0 Å². The molecule has 0 unspecified atom stereocenters.